The van der Waals surface area contributed by atoms with Gasteiger partial charge in [-0.2, -0.15) is 0 Å². The first kappa shape index (κ1) is 21.7. The first-order valence-electron chi connectivity index (χ1n) is 11.2. The van der Waals surface area contributed by atoms with Gasteiger partial charge in [-0.3, -0.25) is 4.79 Å². The number of anilines is 1. The van der Waals surface area contributed by atoms with E-state index in [-0.39, 0.29) is 24.1 Å². The summed E-state index contributed by atoms with van der Waals surface area (Å²) in [6, 6.07) is 10.4. The van der Waals surface area contributed by atoms with Crippen LogP contribution in [0, 0.1) is 13.8 Å². The lowest BCUT2D eigenvalue weighted by molar-refractivity contribution is -0.160. The Morgan fingerprint density at radius 3 is 2.61 bits per heavy atom. The Bertz CT molecular complexity index is 967. The third-order valence-corrected chi connectivity index (χ3v) is 6.45. The molecule has 0 aromatic heterocycles. The lowest BCUT2D eigenvalue weighted by Gasteiger charge is -2.27. The zero-order chi connectivity index (χ0) is 22.2. The summed E-state index contributed by atoms with van der Waals surface area (Å²) in [7, 11) is 0. The first-order chi connectivity index (χ1) is 14.7. The maximum absolute atomic E-state index is 11.7. The number of aliphatic hydroxyl groups excluding tert-OH is 1. The second-order valence-electron chi connectivity index (χ2n) is 9.53. The zero-order valence-electron chi connectivity index (χ0n) is 19.0. The fourth-order valence-corrected chi connectivity index (χ4v) is 4.88. The molecule has 2 N–H and O–H groups in total. The van der Waals surface area contributed by atoms with E-state index in [1.54, 1.807) is 0 Å². The second-order valence-corrected chi connectivity index (χ2v) is 9.53. The van der Waals surface area contributed by atoms with Gasteiger partial charge in [0.1, 0.15) is 17.5 Å². The number of aliphatic hydroxyl groups is 1. The van der Waals surface area contributed by atoms with Crippen molar-refractivity contribution in [2.24, 2.45) is 0 Å². The monoisotopic (exact) mass is 423 g/mol. The summed E-state index contributed by atoms with van der Waals surface area (Å²) in [4.78, 5) is 11.7. The zero-order valence-corrected chi connectivity index (χ0v) is 19.0. The molecular formula is C26H33NO4. The van der Waals surface area contributed by atoms with E-state index in [1.807, 2.05) is 6.07 Å². The molecule has 166 valence electrons. The van der Waals surface area contributed by atoms with Crippen LogP contribution in [0.1, 0.15) is 60.9 Å². The van der Waals surface area contributed by atoms with Gasteiger partial charge in [-0.25, -0.2) is 0 Å². The molecule has 0 spiro atoms. The van der Waals surface area contributed by atoms with Crippen molar-refractivity contribution in [3.8, 4) is 5.75 Å². The molecule has 2 aliphatic rings. The SMILES string of the molecule is Cc1c(CC[C@H]2C[C@H](O)CC(=O)O2)c2c(c(C)c1NCc1ccccc1)CC(C)(C)O2. The van der Waals surface area contributed by atoms with Crippen LogP contribution in [0.15, 0.2) is 30.3 Å². The summed E-state index contributed by atoms with van der Waals surface area (Å²) in [6.45, 7) is 9.33. The van der Waals surface area contributed by atoms with E-state index in [1.165, 1.54) is 33.5 Å². The Labute approximate surface area is 184 Å². The average Bonchev–Trinajstić information content (AvgIpc) is 3.03. The molecule has 5 nitrogen and oxygen atoms in total. The molecule has 0 unspecified atom stereocenters. The Hall–Kier alpha value is -2.53. The third-order valence-electron chi connectivity index (χ3n) is 6.45. The molecule has 1 saturated heterocycles. The second kappa shape index (κ2) is 8.54. The van der Waals surface area contributed by atoms with Gasteiger partial charge in [0, 0.05) is 30.6 Å². The van der Waals surface area contributed by atoms with Crippen LogP contribution in [0.3, 0.4) is 0 Å². The smallest absolute Gasteiger partial charge is 0.308 e. The molecule has 2 aromatic carbocycles. The van der Waals surface area contributed by atoms with Crippen LogP contribution in [0.2, 0.25) is 0 Å². The number of ether oxygens (including phenoxy) is 2. The van der Waals surface area contributed by atoms with E-state index in [9.17, 15) is 9.90 Å². The number of cyclic esters (lactones) is 1. The predicted octanol–water partition coefficient (Wildman–Crippen LogP) is 4.63. The molecule has 0 radical (unpaired) electrons. The number of esters is 1. The highest BCUT2D eigenvalue weighted by Gasteiger charge is 2.36. The van der Waals surface area contributed by atoms with Gasteiger partial charge in [0.15, 0.2) is 0 Å². The van der Waals surface area contributed by atoms with E-state index in [0.29, 0.717) is 12.8 Å². The number of benzene rings is 2. The van der Waals surface area contributed by atoms with Crippen LogP contribution >= 0.6 is 0 Å². The van der Waals surface area contributed by atoms with Gasteiger partial charge in [-0.05, 0) is 62.8 Å². The summed E-state index contributed by atoms with van der Waals surface area (Å²) in [5.74, 6) is 0.685. The highest BCUT2D eigenvalue weighted by atomic mass is 16.5. The molecule has 0 amide bonds. The maximum Gasteiger partial charge on any atom is 0.308 e. The van der Waals surface area contributed by atoms with Crippen molar-refractivity contribution in [3.63, 3.8) is 0 Å². The lowest BCUT2D eigenvalue weighted by Crippen LogP contribution is -2.32. The number of hydrogen-bond donors (Lipinski definition) is 2. The summed E-state index contributed by atoms with van der Waals surface area (Å²) in [5, 5.41) is 13.6. The fraction of sp³-hybridized carbons (Fsp3) is 0.500. The van der Waals surface area contributed by atoms with Crippen LogP contribution in [-0.2, 0) is 28.9 Å². The summed E-state index contributed by atoms with van der Waals surface area (Å²) >= 11 is 0. The first-order valence-corrected chi connectivity index (χ1v) is 11.2. The van der Waals surface area contributed by atoms with E-state index >= 15 is 0 Å². The molecule has 1 fully saturated rings. The predicted molar refractivity (Wildman–Crippen MR) is 122 cm³/mol. The minimum Gasteiger partial charge on any atom is -0.487 e. The van der Waals surface area contributed by atoms with Crippen molar-refractivity contribution in [2.75, 3.05) is 5.32 Å². The molecule has 2 aromatic rings. The average molecular weight is 424 g/mol. The molecule has 4 rings (SSSR count). The Morgan fingerprint density at radius 1 is 1.16 bits per heavy atom. The van der Waals surface area contributed by atoms with Gasteiger partial charge in [-0.15, -0.1) is 0 Å². The molecule has 0 saturated carbocycles. The van der Waals surface area contributed by atoms with Crippen LogP contribution in [0.25, 0.3) is 0 Å². The quantitative estimate of drug-likeness (QED) is 0.663. The molecule has 0 bridgehead atoms. The fourth-order valence-electron chi connectivity index (χ4n) is 4.88. The van der Waals surface area contributed by atoms with E-state index in [4.69, 9.17) is 9.47 Å². The van der Waals surface area contributed by atoms with Crippen molar-refractivity contribution in [3.05, 3.63) is 58.1 Å². The molecule has 2 aliphatic heterocycles. The maximum atomic E-state index is 11.7. The van der Waals surface area contributed by atoms with E-state index in [0.717, 1.165) is 25.1 Å². The van der Waals surface area contributed by atoms with Crippen LogP contribution in [0.5, 0.6) is 5.75 Å². The lowest BCUT2D eigenvalue weighted by atomic mass is 9.89. The normalized spacial score (nSPS) is 21.9. The number of fused-ring (bicyclic) bond motifs is 1. The van der Waals surface area contributed by atoms with Crippen LogP contribution in [-0.4, -0.2) is 28.9 Å². The number of carbonyl (C=O) groups is 1. The molecule has 31 heavy (non-hydrogen) atoms. The van der Waals surface area contributed by atoms with Crippen LogP contribution < -0.4 is 10.1 Å². The Morgan fingerprint density at radius 2 is 1.90 bits per heavy atom. The summed E-state index contributed by atoms with van der Waals surface area (Å²) < 4.78 is 11.9. The summed E-state index contributed by atoms with van der Waals surface area (Å²) in [6.07, 6.45) is 2.05. The number of hydrogen-bond acceptors (Lipinski definition) is 5. The van der Waals surface area contributed by atoms with Crippen molar-refractivity contribution in [2.45, 2.75) is 84.2 Å². The minimum atomic E-state index is -0.602. The van der Waals surface area contributed by atoms with Crippen molar-refractivity contribution >= 4 is 11.7 Å². The molecule has 2 heterocycles. The van der Waals surface area contributed by atoms with Gasteiger partial charge in [0.25, 0.3) is 0 Å². The molecule has 0 aliphatic carbocycles. The van der Waals surface area contributed by atoms with Gasteiger partial charge < -0.3 is 19.9 Å². The summed E-state index contributed by atoms with van der Waals surface area (Å²) in [5.41, 5.74) is 7.05. The van der Waals surface area contributed by atoms with Gasteiger partial charge in [-0.1, -0.05) is 30.3 Å². The highest BCUT2D eigenvalue weighted by Crippen LogP contribution is 2.45. The number of carbonyl (C=O) groups excluding carboxylic acids is 1. The largest absolute Gasteiger partial charge is 0.487 e. The number of rotatable bonds is 6. The Balaban J connectivity index is 1.62. The van der Waals surface area contributed by atoms with Crippen molar-refractivity contribution in [1.82, 2.24) is 0 Å². The Kier molecular flexibility index (Phi) is 5.98. The molecule has 5 heteroatoms. The highest BCUT2D eigenvalue weighted by molar-refractivity contribution is 5.71. The third kappa shape index (κ3) is 4.72. The van der Waals surface area contributed by atoms with Gasteiger partial charge in [0.05, 0.1) is 12.5 Å². The standard InChI is InChI=1S/C26H33NO4/c1-16-21(11-10-20-12-19(28)13-23(29)30-20)25-22(14-26(3,4)31-25)17(2)24(16)27-15-18-8-6-5-7-9-18/h5-9,19-20,27-28H,10-15H2,1-4H3/t19-,20-/m0/s1. The molecule has 2 atom stereocenters. The number of nitrogens with one attached hydrogen (secondary N) is 1. The van der Waals surface area contributed by atoms with E-state index < -0.39 is 6.10 Å². The van der Waals surface area contributed by atoms with Gasteiger partial charge >= 0.3 is 5.97 Å². The van der Waals surface area contributed by atoms with Crippen LogP contribution in [0.4, 0.5) is 5.69 Å². The van der Waals surface area contributed by atoms with Gasteiger partial charge in [0.2, 0.25) is 0 Å². The molecular weight excluding hydrogens is 390 g/mol. The van der Waals surface area contributed by atoms with E-state index in [2.05, 4.69) is 57.3 Å². The minimum absolute atomic E-state index is 0.0975. The van der Waals surface area contributed by atoms with Crippen molar-refractivity contribution in [1.29, 1.82) is 0 Å². The van der Waals surface area contributed by atoms with Crippen molar-refractivity contribution < 1.29 is 19.4 Å². The topological polar surface area (TPSA) is 67.8 Å².